The Balaban J connectivity index is 1.66. The molecule has 1 unspecified atom stereocenters. The van der Waals surface area contributed by atoms with E-state index >= 15 is 0 Å². The van der Waals surface area contributed by atoms with Gasteiger partial charge >= 0.3 is 0 Å². The third kappa shape index (κ3) is 3.74. The molecule has 1 aromatic carbocycles. The van der Waals surface area contributed by atoms with E-state index in [1.54, 1.807) is 6.07 Å². The maximum absolute atomic E-state index is 14.4. The van der Waals surface area contributed by atoms with Gasteiger partial charge in [0.25, 0.3) is 0 Å². The van der Waals surface area contributed by atoms with Crippen LogP contribution in [0, 0.1) is 5.82 Å². The number of anilines is 1. The van der Waals surface area contributed by atoms with Crippen molar-refractivity contribution in [3.8, 4) is 0 Å². The summed E-state index contributed by atoms with van der Waals surface area (Å²) in [7, 11) is 4.22. The molecule has 1 N–H and O–H groups in total. The van der Waals surface area contributed by atoms with Gasteiger partial charge in [-0.3, -0.25) is 0 Å². The standard InChI is InChI=1S/C17H26FN3/c1-20(2)15-4-3-9-21(12-15)17-8-5-13(10-16(17)18)11-19-14-6-7-14/h5,8,10,14-15,19H,3-4,6-7,9,11-12H2,1-2H3. The van der Waals surface area contributed by atoms with E-state index in [1.807, 2.05) is 6.07 Å². The fourth-order valence-corrected chi connectivity index (χ4v) is 3.06. The minimum atomic E-state index is -0.0792. The van der Waals surface area contributed by atoms with Crippen molar-refractivity contribution in [3.05, 3.63) is 29.6 Å². The summed E-state index contributed by atoms with van der Waals surface area (Å²) in [5.41, 5.74) is 1.81. The van der Waals surface area contributed by atoms with Crippen molar-refractivity contribution in [2.45, 2.75) is 44.3 Å². The molecule has 3 rings (SSSR count). The lowest BCUT2D eigenvalue weighted by Gasteiger charge is -2.37. The van der Waals surface area contributed by atoms with E-state index in [1.165, 1.54) is 19.3 Å². The maximum atomic E-state index is 14.4. The molecule has 1 atom stereocenters. The van der Waals surface area contributed by atoms with Crippen LogP contribution in [0.25, 0.3) is 0 Å². The molecule has 2 fully saturated rings. The molecule has 0 aromatic heterocycles. The third-order valence-electron chi connectivity index (χ3n) is 4.65. The molecule has 0 amide bonds. The Morgan fingerprint density at radius 2 is 2.10 bits per heavy atom. The molecule has 0 radical (unpaired) electrons. The van der Waals surface area contributed by atoms with Crippen LogP contribution in [0.3, 0.4) is 0 Å². The summed E-state index contributed by atoms with van der Waals surface area (Å²) in [4.78, 5) is 4.44. The van der Waals surface area contributed by atoms with Gasteiger partial charge in [-0.25, -0.2) is 4.39 Å². The average Bonchev–Trinajstić information content (AvgIpc) is 3.29. The SMILES string of the molecule is CN(C)C1CCCN(c2ccc(CNC3CC3)cc2F)C1. The predicted octanol–water partition coefficient (Wildman–Crippen LogP) is 2.61. The second kappa shape index (κ2) is 6.32. The molecular weight excluding hydrogens is 265 g/mol. The average molecular weight is 291 g/mol. The quantitative estimate of drug-likeness (QED) is 0.899. The molecule has 21 heavy (non-hydrogen) atoms. The van der Waals surface area contributed by atoms with E-state index < -0.39 is 0 Å². The molecular formula is C17H26FN3. The van der Waals surface area contributed by atoms with E-state index in [0.717, 1.165) is 37.3 Å². The highest BCUT2D eigenvalue weighted by atomic mass is 19.1. The minimum absolute atomic E-state index is 0.0792. The van der Waals surface area contributed by atoms with Gasteiger partial charge < -0.3 is 15.1 Å². The number of likely N-dealkylation sites (N-methyl/N-ethyl adjacent to an activating group) is 1. The molecule has 1 saturated carbocycles. The monoisotopic (exact) mass is 291 g/mol. The zero-order chi connectivity index (χ0) is 14.8. The van der Waals surface area contributed by atoms with Crippen LogP contribution < -0.4 is 10.2 Å². The summed E-state index contributed by atoms with van der Waals surface area (Å²) in [6.45, 7) is 2.66. The number of hydrogen-bond acceptors (Lipinski definition) is 3. The molecule has 116 valence electrons. The first kappa shape index (κ1) is 14.8. The van der Waals surface area contributed by atoms with Gasteiger partial charge in [-0.15, -0.1) is 0 Å². The molecule has 0 bridgehead atoms. The molecule has 1 aliphatic heterocycles. The lowest BCUT2D eigenvalue weighted by Crippen LogP contribution is -2.45. The van der Waals surface area contributed by atoms with Crippen molar-refractivity contribution >= 4 is 5.69 Å². The van der Waals surface area contributed by atoms with Gasteiger partial charge in [0.15, 0.2) is 0 Å². The van der Waals surface area contributed by atoms with Crippen molar-refractivity contribution in [3.63, 3.8) is 0 Å². The Labute approximate surface area is 127 Å². The van der Waals surface area contributed by atoms with Gasteiger partial charge in [-0.2, -0.15) is 0 Å². The van der Waals surface area contributed by atoms with E-state index in [-0.39, 0.29) is 5.82 Å². The summed E-state index contributed by atoms with van der Waals surface area (Å²) in [6.07, 6.45) is 4.86. The van der Waals surface area contributed by atoms with Gasteiger partial charge in [0.2, 0.25) is 0 Å². The smallest absolute Gasteiger partial charge is 0.146 e. The van der Waals surface area contributed by atoms with Crippen molar-refractivity contribution in [2.24, 2.45) is 0 Å². The molecule has 4 heteroatoms. The number of rotatable bonds is 5. The van der Waals surface area contributed by atoms with E-state index in [4.69, 9.17) is 0 Å². The van der Waals surface area contributed by atoms with Crippen LogP contribution in [0.1, 0.15) is 31.2 Å². The minimum Gasteiger partial charge on any atom is -0.368 e. The molecule has 2 aliphatic rings. The first-order chi connectivity index (χ1) is 10.1. The molecule has 1 aromatic rings. The molecule has 3 nitrogen and oxygen atoms in total. The molecule has 1 heterocycles. The van der Waals surface area contributed by atoms with Gasteiger partial charge in [0.05, 0.1) is 5.69 Å². The van der Waals surface area contributed by atoms with Crippen LogP contribution in [0.2, 0.25) is 0 Å². The van der Waals surface area contributed by atoms with Crippen molar-refractivity contribution in [1.82, 2.24) is 10.2 Å². The normalized spacial score (nSPS) is 22.9. The summed E-state index contributed by atoms with van der Waals surface area (Å²) < 4.78 is 14.4. The zero-order valence-corrected chi connectivity index (χ0v) is 13.1. The summed E-state index contributed by atoms with van der Waals surface area (Å²) in [6, 6.07) is 6.90. The summed E-state index contributed by atoms with van der Waals surface area (Å²) >= 11 is 0. The highest BCUT2D eigenvalue weighted by molar-refractivity contribution is 5.49. The third-order valence-corrected chi connectivity index (χ3v) is 4.65. The lowest BCUT2D eigenvalue weighted by molar-refractivity contribution is 0.257. The van der Waals surface area contributed by atoms with Crippen LogP contribution in [-0.2, 0) is 6.54 Å². The molecule has 1 saturated heterocycles. The van der Waals surface area contributed by atoms with Crippen LogP contribution in [0.5, 0.6) is 0 Å². The lowest BCUT2D eigenvalue weighted by atomic mass is 10.0. The second-order valence-electron chi connectivity index (χ2n) is 6.65. The topological polar surface area (TPSA) is 18.5 Å². The Morgan fingerprint density at radius 1 is 1.29 bits per heavy atom. The van der Waals surface area contributed by atoms with Crippen molar-refractivity contribution in [2.75, 3.05) is 32.1 Å². The Kier molecular flexibility index (Phi) is 4.45. The van der Waals surface area contributed by atoms with Crippen LogP contribution in [0.15, 0.2) is 18.2 Å². The Hall–Kier alpha value is -1.13. The van der Waals surface area contributed by atoms with E-state index in [2.05, 4.69) is 35.3 Å². The van der Waals surface area contributed by atoms with Gasteiger partial charge in [-0.1, -0.05) is 6.07 Å². The second-order valence-corrected chi connectivity index (χ2v) is 6.65. The van der Waals surface area contributed by atoms with Crippen LogP contribution >= 0.6 is 0 Å². The Bertz CT molecular complexity index is 485. The Morgan fingerprint density at radius 3 is 2.76 bits per heavy atom. The highest BCUT2D eigenvalue weighted by Gasteiger charge is 2.24. The first-order valence-electron chi connectivity index (χ1n) is 8.06. The number of hydrogen-bond donors (Lipinski definition) is 1. The number of nitrogens with zero attached hydrogens (tertiary/aromatic N) is 2. The van der Waals surface area contributed by atoms with E-state index in [9.17, 15) is 4.39 Å². The number of nitrogens with one attached hydrogen (secondary N) is 1. The maximum Gasteiger partial charge on any atom is 0.146 e. The number of halogens is 1. The number of benzene rings is 1. The number of piperidine rings is 1. The fourth-order valence-electron chi connectivity index (χ4n) is 3.06. The molecule has 1 aliphatic carbocycles. The first-order valence-corrected chi connectivity index (χ1v) is 8.06. The van der Waals surface area contributed by atoms with Gasteiger partial charge in [0.1, 0.15) is 5.82 Å². The summed E-state index contributed by atoms with van der Waals surface area (Å²) in [5, 5.41) is 3.43. The van der Waals surface area contributed by atoms with Gasteiger partial charge in [-0.05, 0) is 57.5 Å². The van der Waals surface area contributed by atoms with Gasteiger partial charge in [0, 0.05) is 31.7 Å². The predicted molar refractivity (Wildman–Crippen MR) is 85.2 cm³/mol. The van der Waals surface area contributed by atoms with E-state index in [0.29, 0.717) is 12.1 Å². The van der Waals surface area contributed by atoms with Crippen molar-refractivity contribution < 1.29 is 4.39 Å². The summed E-state index contributed by atoms with van der Waals surface area (Å²) in [5.74, 6) is -0.0792. The van der Waals surface area contributed by atoms with Crippen LogP contribution in [-0.4, -0.2) is 44.2 Å². The largest absolute Gasteiger partial charge is 0.368 e. The fraction of sp³-hybridized carbons (Fsp3) is 0.647. The van der Waals surface area contributed by atoms with Crippen molar-refractivity contribution in [1.29, 1.82) is 0 Å². The van der Waals surface area contributed by atoms with Crippen LogP contribution in [0.4, 0.5) is 10.1 Å². The zero-order valence-electron chi connectivity index (χ0n) is 13.1. The molecule has 0 spiro atoms. The highest BCUT2D eigenvalue weighted by Crippen LogP contribution is 2.26.